The van der Waals surface area contributed by atoms with Gasteiger partial charge in [-0.2, -0.15) is 0 Å². The standard InChI is InChI=1S/C14H19FN2O3S/c1-9-6-10(21(16,19)20)7-11(12(9)15)13(18)17-5-4-14(2,3)8-17/h6-7H,4-5,8H2,1-3H3,(H2,16,19,20). The summed E-state index contributed by atoms with van der Waals surface area (Å²) in [4.78, 5) is 13.7. The van der Waals surface area contributed by atoms with Crippen molar-refractivity contribution in [3.8, 4) is 0 Å². The molecule has 1 amide bonds. The molecule has 0 spiro atoms. The Balaban J connectivity index is 2.44. The lowest BCUT2D eigenvalue weighted by atomic mass is 9.93. The molecule has 21 heavy (non-hydrogen) atoms. The van der Waals surface area contributed by atoms with Crippen molar-refractivity contribution < 1.29 is 17.6 Å². The number of hydrogen-bond acceptors (Lipinski definition) is 3. The first-order valence-corrected chi connectivity index (χ1v) is 8.18. The first kappa shape index (κ1) is 15.9. The number of nitrogens with two attached hydrogens (primary N) is 1. The molecule has 116 valence electrons. The number of halogens is 1. The van der Waals surface area contributed by atoms with Crippen LogP contribution in [0.15, 0.2) is 17.0 Å². The maximum Gasteiger partial charge on any atom is 0.256 e. The molecule has 0 unspecified atom stereocenters. The van der Waals surface area contributed by atoms with E-state index >= 15 is 0 Å². The van der Waals surface area contributed by atoms with Gasteiger partial charge in [-0.3, -0.25) is 4.79 Å². The highest BCUT2D eigenvalue weighted by molar-refractivity contribution is 7.89. The van der Waals surface area contributed by atoms with E-state index in [0.717, 1.165) is 18.6 Å². The van der Waals surface area contributed by atoms with Crippen molar-refractivity contribution in [2.24, 2.45) is 10.6 Å². The number of carbonyl (C=O) groups excluding carboxylic acids is 1. The molecule has 0 atom stereocenters. The molecule has 1 fully saturated rings. The van der Waals surface area contributed by atoms with E-state index in [4.69, 9.17) is 5.14 Å². The first-order valence-electron chi connectivity index (χ1n) is 6.63. The second-order valence-corrected chi connectivity index (χ2v) is 7.85. The lowest BCUT2D eigenvalue weighted by molar-refractivity contribution is 0.0773. The van der Waals surface area contributed by atoms with Crippen LogP contribution in [-0.4, -0.2) is 32.3 Å². The van der Waals surface area contributed by atoms with Crippen LogP contribution in [0.1, 0.15) is 36.2 Å². The molecule has 0 aliphatic carbocycles. The quantitative estimate of drug-likeness (QED) is 0.901. The Morgan fingerprint density at radius 2 is 2.00 bits per heavy atom. The van der Waals surface area contributed by atoms with E-state index in [-0.39, 0.29) is 21.4 Å². The number of amides is 1. The summed E-state index contributed by atoms with van der Waals surface area (Å²) in [6.45, 7) is 6.52. The van der Waals surface area contributed by atoms with Gasteiger partial charge in [-0.05, 0) is 36.5 Å². The Morgan fingerprint density at radius 3 is 2.48 bits per heavy atom. The predicted octanol–water partition coefficient (Wildman–Crippen LogP) is 1.65. The van der Waals surface area contributed by atoms with E-state index in [2.05, 4.69) is 0 Å². The normalized spacial score (nSPS) is 18.0. The third-order valence-electron chi connectivity index (χ3n) is 3.75. The van der Waals surface area contributed by atoms with Crippen molar-refractivity contribution >= 4 is 15.9 Å². The molecule has 0 bridgehead atoms. The summed E-state index contributed by atoms with van der Waals surface area (Å²) < 4.78 is 37.0. The van der Waals surface area contributed by atoms with E-state index in [1.807, 2.05) is 13.8 Å². The van der Waals surface area contributed by atoms with Gasteiger partial charge < -0.3 is 4.90 Å². The number of carbonyl (C=O) groups is 1. The molecule has 5 nitrogen and oxygen atoms in total. The number of primary sulfonamides is 1. The lowest BCUT2D eigenvalue weighted by Gasteiger charge is -2.20. The molecule has 2 N–H and O–H groups in total. The summed E-state index contributed by atoms with van der Waals surface area (Å²) in [6, 6.07) is 2.15. The Bertz CT molecular complexity index is 698. The Morgan fingerprint density at radius 1 is 1.38 bits per heavy atom. The van der Waals surface area contributed by atoms with Crippen molar-refractivity contribution in [3.63, 3.8) is 0 Å². The molecular formula is C14H19FN2O3S. The molecule has 0 aromatic heterocycles. The van der Waals surface area contributed by atoms with Gasteiger partial charge in [-0.1, -0.05) is 13.8 Å². The molecule has 2 rings (SSSR count). The van der Waals surface area contributed by atoms with Crippen LogP contribution in [0.3, 0.4) is 0 Å². The average Bonchev–Trinajstić information content (AvgIpc) is 2.71. The summed E-state index contributed by atoms with van der Waals surface area (Å²) in [6.07, 6.45) is 0.828. The van der Waals surface area contributed by atoms with Gasteiger partial charge in [0.05, 0.1) is 10.5 Å². The molecule has 1 aliphatic rings. The summed E-state index contributed by atoms with van der Waals surface area (Å²) >= 11 is 0. The SMILES string of the molecule is Cc1cc(S(N)(=O)=O)cc(C(=O)N2CCC(C)(C)C2)c1F. The van der Waals surface area contributed by atoms with Crippen LogP contribution in [0.5, 0.6) is 0 Å². The highest BCUT2D eigenvalue weighted by Crippen LogP contribution is 2.30. The van der Waals surface area contributed by atoms with Crippen molar-refractivity contribution in [1.82, 2.24) is 4.90 Å². The van der Waals surface area contributed by atoms with Crippen molar-refractivity contribution in [2.75, 3.05) is 13.1 Å². The van der Waals surface area contributed by atoms with Gasteiger partial charge in [0, 0.05) is 13.1 Å². The smallest absolute Gasteiger partial charge is 0.256 e. The van der Waals surface area contributed by atoms with Crippen LogP contribution in [0.25, 0.3) is 0 Å². The average molecular weight is 314 g/mol. The minimum Gasteiger partial charge on any atom is -0.338 e. The zero-order chi connectivity index (χ0) is 16.0. The first-order chi connectivity index (χ1) is 9.51. The fraction of sp³-hybridized carbons (Fsp3) is 0.500. The molecular weight excluding hydrogens is 295 g/mol. The van der Waals surface area contributed by atoms with E-state index in [1.165, 1.54) is 6.92 Å². The Kier molecular flexibility index (Phi) is 3.84. The van der Waals surface area contributed by atoms with Crippen LogP contribution in [0.2, 0.25) is 0 Å². The van der Waals surface area contributed by atoms with Crippen molar-refractivity contribution in [1.29, 1.82) is 0 Å². The van der Waals surface area contributed by atoms with Gasteiger partial charge in [0.1, 0.15) is 5.82 Å². The van der Waals surface area contributed by atoms with Gasteiger partial charge in [-0.15, -0.1) is 0 Å². The van der Waals surface area contributed by atoms with Crippen molar-refractivity contribution in [2.45, 2.75) is 32.1 Å². The fourth-order valence-electron chi connectivity index (χ4n) is 2.51. The highest BCUT2D eigenvalue weighted by Gasteiger charge is 2.34. The highest BCUT2D eigenvalue weighted by atomic mass is 32.2. The van der Waals surface area contributed by atoms with E-state index in [9.17, 15) is 17.6 Å². The van der Waals surface area contributed by atoms with Gasteiger partial charge in [0.25, 0.3) is 5.91 Å². The fourth-order valence-corrected chi connectivity index (χ4v) is 3.14. The van der Waals surface area contributed by atoms with Crippen LogP contribution in [0, 0.1) is 18.2 Å². The number of sulfonamides is 1. The van der Waals surface area contributed by atoms with Gasteiger partial charge in [0.15, 0.2) is 0 Å². The van der Waals surface area contributed by atoms with Crippen LogP contribution >= 0.6 is 0 Å². The maximum atomic E-state index is 14.2. The van der Waals surface area contributed by atoms with Crippen LogP contribution in [0.4, 0.5) is 4.39 Å². The van der Waals surface area contributed by atoms with Gasteiger partial charge >= 0.3 is 0 Å². The van der Waals surface area contributed by atoms with E-state index in [1.54, 1.807) is 4.90 Å². The molecule has 7 heteroatoms. The Labute approximate surface area is 124 Å². The second-order valence-electron chi connectivity index (χ2n) is 6.29. The number of benzene rings is 1. The topological polar surface area (TPSA) is 80.5 Å². The molecule has 1 aromatic rings. The number of rotatable bonds is 2. The number of aryl methyl sites for hydroxylation is 1. The van der Waals surface area contributed by atoms with E-state index < -0.39 is 21.7 Å². The minimum absolute atomic E-state index is 0.0151. The third kappa shape index (κ3) is 3.24. The van der Waals surface area contributed by atoms with Crippen LogP contribution < -0.4 is 5.14 Å². The zero-order valence-electron chi connectivity index (χ0n) is 12.3. The molecule has 0 saturated carbocycles. The third-order valence-corrected chi connectivity index (χ3v) is 4.64. The van der Waals surface area contributed by atoms with Gasteiger partial charge in [-0.25, -0.2) is 17.9 Å². The number of hydrogen-bond donors (Lipinski definition) is 1. The number of likely N-dealkylation sites (tertiary alicyclic amines) is 1. The lowest BCUT2D eigenvalue weighted by Crippen LogP contribution is -2.31. The molecule has 1 saturated heterocycles. The number of nitrogens with zero attached hydrogens (tertiary/aromatic N) is 1. The monoisotopic (exact) mass is 314 g/mol. The molecule has 1 heterocycles. The van der Waals surface area contributed by atoms with Crippen molar-refractivity contribution in [3.05, 3.63) is 29.1 Å². The van der Waals surface area contributed by atoms with E-state index in [0.29, 0.717) is 13.1 Å². The summed E-state index contributed by atoms with van der Waals surface area (Å²) in [5.41, 5.74) is -0.168. The second kappa shape index (κ2) is 5.06. The largest absolute Gasteiger partial charge is 0.338 e. The minimum atomic E-state index is -3.98. The molecule has 1 aromatic carbocycles. The summed E-state index contributed by atoms with van der Waals surface area (Å²) in [5.74, 6) is -1.19. The zero-order valence-corrected chi connectivity index (χ0v) is 13.1. The summed E-state index contributed by atoms with van der Waals surface area (Å²) in [5, 5.41) is 5.07. The predicted molar refractivity (Wildman–Crippen MR) is 76.8 cm³/mol. The summed E-state index contributed by atoms with van der Waals surface area (Å²) in [7, 11) is -3.98. The Hall–Kier alpha value is -1.47. The molecule has 1 aliphatic heterocycles. The van der Waals surface area contributed by atoms with Crippen LogP contribution in [-0.2, 0) is 10.0 Å². The van der Waals surface area contributed by atoms with Gasteiger partial charge in [0.2, 0.25) is 10.0 Å². The maximum absolute atomic E-state index is 14.2. The molecule has 0 radical (unpaired) electrons.